The highest BCUT2D eigenvalue weighted by molar-refractivity contribution is 5.97. The van der Waals surface area contributed by atoms with Crippen LogP contribution in [0.1, 0.15) is 37.0 Å². The summed E-state index contributed by atoms with van der Waals surface area (Å²) in [6, 6.07) is 10.1. The summed E-state index contributed by atoms with van der Waals surface area (Å²) in [6.45, 7) is 4.04. The maximum atomic E-state index is 14.2. The minimum atomic E-state index is -0.398. The molecule has 0 saturated carbocycles. The highest BCUT2D eigenvalue weighted by atomic mass is 19.1. The molecule has 1 amide bonds. The number of amides is 1. The van der Waals surface area contributed by atoms with Gasteiger partial charge in [0.2, 0.25) is 0 Å². The van der Waals surface area contributed by atoms with Gasteiger partial charge < -0.3 is 9.88 Å². The maximum absolute atomic E-state index is 14.2. The quantitative estimate of drug-likeness (QED) is 0.743. The van der Waals surface area contributed by atoms with Gasteiger partial charge in [0.1, 0.15) is 17.1 Å². The number of carbonyl (C=O) groups excluding carboxylic acids is 1. The Morgan fingerprint density at radius 3 is 2.64 bits per heavy atom. The molecule has 3 aromatic rings. The van der Waals surface area contributed by atoms with Crippen molar-refractivity contribution in [2.75, 3.05) is 0 Å². The molecule has 0 spiro atoms. The van der Waals surface area contributed by atoms with E-state index in [-0.39, 0.29) is 11.9 Å². The van der Waals surface area contributed by atoms with Crippen molar-refractivity contribution in [2.24, 2.45) is 0 Å². The molecule has 1 aromatic carbocycles. The minimum Gasteiger partial charge on any atom is -0.349 e. The molecule has 2 aromatic heterocycles. The van der Waals surface area contributed by atoms with Crippen molar-refractivity contribution in [3.63, 3.8) is 0 Å². The number of rotatable bonds is 6. The predicted molar refractivity (Wildman–Crippen MR) is 94.7 cm³/mol. The zero-order valence-electron chi connectivity index (χ0n) is 14.3. The number of carbonyl (C=O) groups is 1. The molecule has 3 rings (SSSR count). The number of hydrogen-bond acceptors (Lipinski definition) is 2. The summed E-state index contributed by atoms with van der Waals surface area (Å²) in [4.78, 5) is 12.7. The summed E-state index contributed by atoms with van der Waals surface area (Å²) >= 11 is 0. The van der Waals surface area contributed by atoms with Crippen LogP contribution in [0.15, 0.2) is 55.0 Å². The van der Waals surface area contributed by atoms with Crippen molar-refractivity contribution < 1.29 is 9.18 Å². The fourth-order valence-electron chi connectivity index (χ4n) is 2.83. The second kappa shape index (κ2) is 7.34. The minimum absolute atomic E-state index is 0.0619. The molecule has 0 aliphatic carbocycles. The Morgan fingerprint density at radius 2 is 1.96 bits per heavy atom. The molecule has 0 aliphatic rings. The van der Waals surface area contributed by atoms with Crippen molar-refractivity contribution in [1.29, 1.82) is 0 Å². The number of nitrogens with one attached hydrogen (secondary N) is 1. The van der Waals surface area contributed by atoms with Gasteiger partial charge in [0.05, 0.1) is 6.20 Å². The molecule has 1 N–H and O–H groups in total. The summed E-state index contributed by atoms with van der Waals surface area (Å²) in [5, 5.41) is 7.25. The molecule has 1 atom stereocenters. The van der Waals surface area contributed by atoms with Crippen LogP contribution in [0.3, 0.4) is 0 Å². The van der Waals surface area contributed by atoms with E-state index in [1.165, 1.54) is 16.9 Å². The first-order valence-electron chi connectivity index (χ1n) is 8.39. The van der Waals surface area contributed by atoms with Crippen molar-refractivity contribution in [3.8, 4) is 11.5 Å². The normalized spacial score (nSPS) is 12.1. The first kappa shape index (κ1) is 17.0. The van der Waals surface area contributed by atoms with Crippen molar-refractivity contribution in [2.45, 2.75) is 32.7 Å². The predicted octanol–water partition coefficient (Wildman–Crippen LogP) is 3.72. The number of benzene rings is 1. The third-order valence-electron chi connectivity index (χ3n) is 4.02. The Morgan fingerprint density at radius 1 is 1.24 bits per heavy atom. The third kappa shape index (κ3) is 3.47. The summed E-state index contributed by atoms with van der Waals surface area (Å²) in [7, 11) is 0. The summed E-state index contributed by atoms with van der Waals surface area (Å²) < 4.78 is 17.5. The van der Waals surface area contributed by atoms with Crippen LogP contribution >= 0.6 is 0 Å². The Bertz CT molecular complexity index is 854. The van der Waals surface area contributed by atoms with Crippen molar-refractivity contribution in [1.82, 2.24) is 19.7 Å². The van der Waals surface area contributed by atoms with Gasteiger partial charge in [-0.3, -0.25) is 4.79 Å². The molecular formula is C19H21FN4O. The first-order chi connectivity index (χ1) is 12.1. The molecule has 0 radical (unpaired) electrons. The molecule has 0 aliphatic heterocycles. The van der Waals surface area contributed by atoms with Gasteiger partial charge in [-0.05, 0) is 37.6 Å². The van der Waals surface area contributed by atoms with Gasteiger partial charge in [-0.2, -0.15) is 5.10 Å². The van der Waals surface area contributed by atoms with E-state index in [4.69, 9.17) is 0 Å². The van der Waals surface area contributed by atoms with E-state index < -0.39 is 5.82 Å². The van der Waals surface area contributed by atoms with Crippen molar-refractivity contribution >= 4 is 5.91 Å². The third-order valence-corrected chi connectivity index (χ3v) is 4.02. The number of hydrogen-bond donors (Lipinski definition) is 1. The van der Waals surface area contributed by atoms with E-state index in [9.17, 15) is 9.18 Å². The van der Waals surface area contributed by atoms with E-state index >= 15 is 0 Å². The lowest BCUT2D eigenvalue weighted by atomic mass is 10.2. The van der Waals surface area contributed by atoms with Crippen LogP contribution in [-0.4, -0.2) is 26.3 Å². The molecule has 0 unspecified atom stereocenters. The summed E-state index contributed by atoms with van der Waals surface area (Å²) in [5.74, 6) is -0.103. The molecule has 0 saturated heterocycles. The van der Waals surface area contributed by atoms with Gasteiger partial charge in [0, 0.05) is 18.4 Å². The molecular weight excluding hydrogens is 319 g/mol. The number of aromatic nitrogens is 3. The van der Waals surface area contributed by atoms with E-state index in [1.54, 1.807) is 35.2 Å². The molecule has 6 heteroatoms. The van der Waals surface area contributed by atoms with Gasteiger partial charge in [-0.15, -0.1) is 0 Å². The zero-order chi connectivity index (χ0) is 17.8. The monoisotopic (exact) mass is 340 g/mol. The van der Waals surface area contributed by atoms with Gasteiger partial charge in [-0.25, -0.2) is 9.07 Å². The molecule has 2 heterocycles. The van der Waals surface area contributed by atoms with E-state index in [1.807, 2.05) is 19.1 Å². The average Bonchev–Trinajstić information content (AvgIpc) is 3.24. The van der Waals surface area contributed by atoms with Crippen LogP contribution in [0.2, 0.25) is 0 Å². The van der Waals surface area contributed by atoms with Gasteiger partial charge >= 0.3 is 0 Å². The highest BCUT2D eigenvalue weighted by Crippen LogP contribution is 2.21. The molecule has 5 nitrogen and oxygen atoms in total. The second-order valence-corrected chi connectivity index (χ2v) is 6.00. The van der Waals surface area contributed by atoms with E-state index in [2.05, 4.69) is 17.3 Å². The number of para-hydroxylation sites is 1. The molecule has 130 valence electrons. The molecule has 0 fully saturated rings. The topological polar surface area (TPSA) is 51.9 Å². The maximum Gasteiger partial charge on any atom is 0.256 e. The smallest absolute Gasteiger partial charge is 0.256 e. The van der Waals surface area contributed by atoms with Crippen LogP contribution in [0.5, 0.6) is 0 Å². The lowest BCUT2D eigenvalue weighted by molar-refractivity contribution is 0.0938. The Balaban J connectivity index is 2.06. The summed E-state index contributed by atoms with van der Waals surface area (Å²) in [5.41, 5.74) is 0.703. The van der Waals surface area contributed by atoms with E-state index in [0.717, 1.165) is 12.8 Å². The zero-order valence-corrected chi connectivity index (χ0v) is 14.3. The fraction of sp³-hybridized carbons (Fsp3) is 0.263. The van der Waals surface area contributed by atoms with Crippen LogP contribution in [0, 0.1) is 5.82 Å². The van der Waals surface area contributed by atoms with Crippen LogP contribution in [-0.2, 0) is 0 Å². The Hall–Kier alpha value is -2.89. The Labute approximate surface area is 146 Å². The van der Waals surface area contributed by atoms with Gasteiger partial charge in [0.25, 0.3) is 5.91 Å². The van der Waals surface area contributed by atoms with Gasteiger partial charge in [0.15, 0.2) is 5.82 Å². The van der Waals surface area contributed by atoms with Crippen LogP contribution in [0.4, 0.5) is 4.39 Å². The standard InChI is InChI=1S/C19H21FN4O/c1-3-8-14(2)22-18(25)15-13-21-24(17-10-5-4-9-16(17)20)19(15)23-11-6-7-12-23/h4-7,9-14H,3,8H2,1-2H3,(H,22,25)/t14-/m1/s1. The average molecular weight is 340 g/mol. The molecule has 25 heavy (non-hydrogen) atoms. The SMILES string of the molecule is CCC[C@@H](C)NC(=O)c1cnn(-c2ccccc2F)c1-n1cccc1. The summed E-state index contributed by atoms with van der Waals surface area (Å²) in [6.07, 6.45) is 6.98. The van der Waals surface area contributed by atoms with Crippen LogP contribution < -0.4 is 5.32 Å². The molecule has 0 bridgehead atoms. The number of nitrogens with zero attached hydrogens (tertiary/aromatic N) is 3. The highest BCUT2D eigenvalue weighted by Gasteiger charge is 2.22. The lowest BCUT2D eigenvalue weighted by Crippen LogP contribution is -2.32. The fourth-order valence-corrected chi connectivity index (χ4v) is 2.83. The van der Waals surface area contributed by atoms with Gasteiger partial charge in [-0.1, -0.05) is 25.5 Å². The lowest BCUT2D eigenvalue weighted by Gasteiger charge is -2.14. The van der Waals surface area contributed by atoms with E-state index in [0.29, 0.717) is 17.1 Å². The second-order valence-electron chi connectivity index (χ2n) is 6.00. The largest absolute Gasteiger partial charge is 0.349 e. The first-order valence-corrected chi connectivity index (χ1v) is 8.39. The Kier molecular flexibility index (Phi) is 4.97. The van der Waals surface area contributed by atoms with Crippen LogP contribution in [0.25, 0.3) is 11.5 Å². The number of halogens is 1. The van der Waals surface area contributed by atoms with Crippen molar-refractivity contribution in [3.05, 3.63) is 66.4 Å².